The third-order valence-corrected chi connectivity index (χ3v) is 5.29. The highest BCUT2D eigenvalue weighted by atomic mass is 32.2. The fourth-order valence-corrected chi connectivity index (χ4v) is 3.60. The van der Waals surface area contributed by atoms with Crippen molar-refractivity contribution >= 4 is 21.5 Å². The number of hydrogen-bond donors (Lipinski definition) is 1. The summed E-state index contributed by atoms with van der Waals surface area (Å²) >= 11 is 0. The Hall–Kier alpha value is -1.37. The van der Waals surface area contributed by atoms with Gasteiger partial charge in [0, 0.05) is 25.1 Å². The minimum Gasteiger partial charge on any atom is -0.384 e. The van der Waals surface area contributed by atoms with Gasteiger partial charge >= 0.3 is 0 Å². The van der Waals surface area contributed by atoms with E-state index in [2.05, 4.69) is 9.97 Å². The quantitative estimate of drug-likeness (QED) is 0.852. The van der Waals surface area contributed by atoms with Gasteiger partial charge in [-0.3, -0.25) is 0 Å². The van der Waals surface area contributed by atoms with Crippen molar-refractivity contribution in [2.75, 3.05) is 35.2 Å². The van der Waals surface area contributed by atoms with Crippen LogP contribution in [0.2, 0.25) is 0 Å². The van der Waals surface area contributed by atoms with Gasteiger partial charge in [0.1, 0.15) is 17.5 Å². The molecule has 1 aliphatic carbocycles. The van der Waals surface area contributed by atoms with Gasteiger partial charge in [-0.05, 0) is 19.3 Å². The van der Waals surface area contributed by atoms with Crippen LogP contribution in [0.15, 0.2) is 6.07 Å². The number of nitrogens with two attached hydrogens (primary N) is 1. The number of nitrogens with zero attached hydrogens (tertiary/aromatic N) is 3. The lowest BCUT2D eigenvalue weighted by Crippen LogP contribution is -2.28. The zero-order valence-corrected chi connectivity index (χ0v) is 11.6. The van der Waals surface area contributed by atoms with Crippen molar-refractivity contribution < 1.29 is 8.42 Å². The molecule has 104 valence electrons. The predicted octanol–water partition coefficient (Wildman–Crippen LogP) is 0.561. The van der Waals surface area contributed by atoms with Crippen molar-refractivity contribution in [3.63, 3.8) is 0 Å². The van der Waals surface area contributed by atoms with Crippen LogP contribution in [0.5, 0.6) is 0 Å². The molecule has 1 saturated carbocycles. The molecule has 2 heterocycles. The fourth-order valence-electron chi connectivity index (χ4n) is 2.33. The number of rotatable bonds is 2. The van der Waals surface area contributed by atoms with Gasteiger partial charge in [-0.15, -0.1) is 0 Å². The topological polar surface area (TPSA) is 89.2 Å². The first-order chi connectivity index (χ1) is 9.03. The van der Waals surface area contributed by atoms with E-state index >= 15 is 0 Å². The smallest absolute Gasteiger partial charge is 0.152 e. The molecule has 0 unspecified atom stereocenters. The Balaban J connectivity index is 1.84. The van der Waals surface area contributed by atoms with Gasteiger partial charge < -0.3 is 10.6 Å². The van der Waals surface area contributed by atoms with E-state index < -0.39 is 9.84 Å². The van der Waals surface area contributed by atoms with Crippen molar-refractivity contribution in [3.05, 3.63) is 11.9 Å². The molecule has 1 aromatic rings. The molecule has 1 aliphatic heterocycles. The van der Waals surface area contributed by atoms with E-state index in [1.807, 2.05) is 4.90 Å². The summed E-state index contributed by atoms with van der Waals surface area (Å²) in [6, 6.07) is 1.74. The first-order valence-electron chi connectivity index (χ1n) is 6.63. The number of hydrogen-bond acceptors (Lipinski definition) is 6. The van der Waals surface area contributed by atoms with Crippen LogP contribution in [-0.2, 0) is 9.84 Å². The molecule has 2 N–H and O–H groups in total. The van der Waals surface area contributed by atoms with Crippen molar-refractivity contribution in [1.29, 1.82) is 0 Å². The number of nitrogen functional groups attached to an aromatic ring is 1. The van der Waals surface area contributed by atoms with E-state index in [1.54, 1.807) is 6.07 Å². The Labute approximate surface area is 113 Å². The highest BCUT2D eigenvalue weighted by Gasteiger charge is 2.28. The maximum atomic E-state index is 11.6. The van der Waals surface area contributed by atoms with Gasteiger partial charge in [-0.25, -0.2) is 18.4 Å². The number of sulfone groups is 1. The average molecular weight is 282 g/mol. The Bertz CT molecular complexity index is 583. The van der Waals surface area contributed by atoms with Gasteiger partial charge in [0.25, 0.3) is 0 Å². The molecule has 0 amide bonds. The molecule has 1 saturated heterocycles. The lowest BCUT2D eigenvalue weighted by atomic mass is 10.3. The number of aromatic nitrogens is 2. The largest absolute Gasteiger partial charge is 0.384 e. The molecule has 3 rings (SSSR count). The van der Waals surface area contributed by atoms with Crippen LogP contribution in [0.1, 0.15) is 31.0 Å². The Morgan fingerprint density at radius 3 is 2.74 bits per heavy atom. The second-order valence-corrected chi connectivity index (χ2v) is 7.58. The molecule has 2 fully saturated rings. The van der Waals surface area contributed by atoms with Crippen LogP contribution in [0.25, 0.3) is 0 Å². The van der Waals surface area contributed by atoms with E-state index in [0.29, 0.717) is 31.2 Å². The van der Waals surface area contributed by atoms with Crippen LogP contribution in [0.4, 0.5) is 11.6 Å². The fraction of sp³-hybridized carbons (Fsp3) is 0.667. The van der Waals surface area contributed by atoms with Gasteiger partial charge in [0.15, 0.2) is 9.84 Å². The van der Waals surface area contributed by atoms with E-state index in [0.717, 1.165) is 24.5 Å². The molecule has 0 aromatic carbocycles. The molecule has 7 heteroatoms. The van der Waals surface area contributed by atoms with Crippen molar-refractivity contribution in [2.24, 2.45) is 0 Å². The van der Waals surface area contributed by atoms with Crippen molar-refractivity contribution in [2.45, 2.75) is 25.2 Å². The summed E-state index contributed by atoms with van der Waals surface area (Å²) in [4.78, 5) is 10.8. The summed E-state index contributed by atoms with van der Waals surface area (Å²) in [5.41, 5.74) is 5.83. The maximum absolute atomic E-state index is 11.6. The van der Waals surface area contributed by atoms with Crippen LogP contribution >= 0.6 is 0 Å². The standard InChI is InChI=1S/C12H18N4O2S/c13-10-8-11(15-12(14-10)9-2-3-9)16-4-1-6-19(17,18)7-5-16/h8-9H,1-7H2,(H2,13,14,15). The highest BCUT2D eigenvalue weighted by Crippen LogP contribution is 2.38. The van der Waals surface area contributed by atoms with Crippen LogP contribution in [0.3, 0.4) is 0 Å². The predicted molar refractivity (Wildman–Crippen MR) is 73.9 cm³/mol. The van der Waals surface area contributed by atoms with Gasteiger partial charge in [-0.1, -0.05) is 0 Å². The zero-order valence-electron chi connectivity index (χ0n) is 10.7. The van der Waals surface area contributed by atoms with Gasteiger partial charge in [-0.2, -0.15) is 0 Å². The second kappa shape index (κ2) is 4.63. The summed E-state index contributed by atoms with van der Waals surface area (Å²) in [5.74, 6) is 2.94. The summed E-state index contributed by atoms with van der Waals surface area (Å²) < 4.78 is 23.2. The monoisotopic (exact) mass is 282 g/mol. The SMILES string of the molecule is Nc1cc(N2CCCS(=O)(=O)CC2)nc(C2CC2)n1. The van der Waals surface area contributed by atoms with Crippen LogP contribution in [-0.4, -0.2) is 43.0 Å². The summed E-state index contributed by atoms with van der Waals surface area (Å²) in [5, 5.41) is 0. The minimum atomic E-state index is -2.90. The van der Waals surface area contributed by atoms with E-state index in [9.17, 15) is 8.42 Å². The molecule has 6 nitrogen and oxygen atoms in total. The second-order valence-electron chi connectivity index (χ2n) is 5.28. The van der Waals surface area contributed by atoms with E-state index in [4.69, 9.17) is 5.73 Å². The molecular weight excluding hydrogens is 264 g/mol. The Morgan fingerprint density at radius 2 is 2.00 bits per heavy atom. The van der Waals surface area contributed by atoms with E-state index in [-0.39, 0.29) is 11.5 Å². The maximum Gasteiger partial charge on any atom is 0.152 e. The molecule has 2 aliphatic rings. The third kappa shape index (κ3) is 2.97. The molecule has 1 aromatic heterocycles. The normalized spacial score (nSPS) is 23.1. The van der Waals surface area contributed by atoms with Crippen LogP contribution < -0.4 is 10.6 Å². The summed E-state index contributed by atoms with van der Waals surface area (Å²) in [6.07, 6.45) is 2.89. The molecule has 0 atom stereocenters. The molecule has 19 heavy (non-hydrogen) atoms. The molecule has 0 radical (unpaired) electrons. The van der Waals surface area contributed by atoms with Gasteiger partial charge in [0.2, 0.25) is 0 Å². The zero-order chi connectivity index (χ0) is 13.5. The van der Waals surface area contributed by atoms with Crippen LogP contribution in [0, 0.1) is 0 Å². The third-order valence-electron chi connectivity index (χ3n) is 3.57. The summed E-state index contributed by atoms with van der Waals surface area (Å²) in [7, 11) is -2.90. The van der Waals surface area contributed by atoms with E-state index in [1.165, 1.54) is 0 Å². The first kappa shape index (κ1) is 12.7. The first-order valence-corrected chi connectivity index (χ1v) is 8.45. The van der Waals surface area contributed by atoms with Crippen molar-refractivity contribution in [1.82, 2.24) is 9.97 Å². The molecule has 0 spiro atoms. The van der Waals surface area contributed by atoms with Gasteiger partial charge in [0.05, 0.1) is 11.5 Å². The lowest BCUT2D eigenvalue weighted by Gasteiger charge is -2.21. The Morgan fingerprint density at radius 1 is 1.21 bits per heavy atom. The Kier molecular flexibility index (Phi) is 3.08. The highest BCUT2D eigenvalue weighted by molar-refractivity contribution is 7.91. The summed E-state index contributed by atoms with van der Waals surface area (Å²) in [6.45, 7) is 1.20. The molecule has 0 bridgehead atoms. The number of anilines is 2. The molecular formula is C12H18N4O2S. The average Bonchev–Trinajstić information content (AvgIpc) is 3.15. The lowest BCUT2D eigenvalue weighted by molar-refractivity contribution is 0.597. The van der Waals surface area contributed by atoms with Crippen molar-refractivity contribution in [3.8, 4) is 0 Å². The minimum absolute atomic E-state index is 0.190.